The molecule has 2 rings (SSSR count). The summed E-state index contributed by atoms with van der Waals surface area (Å²) >= 11 is 1.44. The number of nitrogens with zero attached hydrogens (tertiary/aromatic N) is 1. The number of rotatable bonds is 6. The van der Waals surface area contributed by atoms with E-state index in [1.807, 2.05) is 17.5 Å². The van der Waals surface area contributed by atoms with Gasteiger partial charge in [0.2, 0.25) is 0 Å². The number of sulfonamides is 1. The van der Waals surface area contributed by atoms with E-state index in [1.54, 1.807) is 13.8 Å². The van der Waals surface area contributed by atoms with E-state index in [9.17, 15) is 13.2 Å². The van der Waals surface area contributed by atoms with Crippen molar-refractivity contribution in [2.45, 2.75) is 24.9 Å². The number of hydrogen-bond donors (Lipinski definition) is 2. The molecule has 0 aromatic carbocycles. The summed E-state index contributed by atoms with van der Waals surface area (Å²) < 4.78 is 32.0. The van der Waals surface area contributed by atoms with Crippen LogP contribution in [-0.2, 0) is 14.8 Å². The molecule has 21 heavy (non-hydrogen) atoms. The van der Waals surface area contributed by atoms with Crippen LogP contribution in [0, 0.1) is 0 Å². The second kappa shape index (κ2) is 6.37. The van der Waals surface area contributed by atoms with E-state index in [4.69, 9.17) is 4.74 Å². The Morgan fingerprint density at radius 1 is 1.57 bits per heavy atom. The van der Waals surface area contributed by atoms with Crippen LogP contribution in [0.25, 0.3) is 0 Å². The summed E-state index contributed by atoms with van der Waals surface area (Å²) in [5.41, 5.74) is -0.109. The Labute approximate surface area is 126 Å². The average Bonchev–Trinajstić information content (AvgIpc) is 3.10. The molecule has 0 saturated heterocycles. The standard InChI is InChI=1S/C12H15N3O4S2/c1-3-19-12(16)9-7-13-14-11(9)21(17,18)15-8(2)10-5-4-6-20-10/h4-8,15H,3H2,1-2H3,(H,13,14). The van der Waals surface area contributed by atoms with Gasteiger partial charge >= 0.3 is 5.97 Å². The van der Waals surface area contributed by atoms with Crippen molar-refractivity contribution >= 4 is 27.3 Å². The lowest BCUT2D eigenvalue weighted by Gasteiger charge is -2.12. The molecule has 0 spiro atoms. The molecule has 0 aliphatic carbocycles. The fraction of sp³-hybridized carbons (Fsp3) is 0.333. The Hall–Kier alpha value is -1.71. The van der Waals surface area contributed by atoms with Crippen LogP contribution in [-0.4, -0.2) is 31.2 Å². The number of carbonyl (C=O) groups is 1. The molecular formula is C12H15N3O4S2. The van der Waals surface area contributed by atoms with E-state index in [1.165, 1.54) is 11.3 Å². The topological polar surface area (TPSA) is 101 Å². The van der Waals surface area contributed by atoms with Gasteiger partial charge in [0.05, 0.1) is 18.8 Å². The minimum absolute atomic E-state index is 0.109. The van der Waals surface area contributed by atoms with Crippen molar-refractivity contribution in [1.29, 1.82) is 0 Å². The number of nitrogens with one attached hydrogen (secondary N) is 2. The number of H-pyrrole nitrogens is 1. The Morgan fingerprint density at radius 2 is 2.33 bits per heavy atom. The van der Waals surface area contributed by atoms with E-state index in [0.717, 1.165) is 11.1 Å². The molecule has 0 saturated carbocycles. The first kappa shape index (κ1) is 15.7. The Balaban J connectivity index is 2.24. The smallest absolute Gasteiger partial charge is 0.342 e. The first-order chi connectivity index (χ1) is 9.95. The number of carbonyl (C=O) groups excluding carboxylic acids is 1. The summed E-state index contributed by atoms with van der Waals surface area (Å²) in [7, 11) is -3.90. The van der Waals surface area contributed by atoms with Gasteiger partial charge in [-0.05, 0) is 25.3 Å². The molecule has 2 heterocycles. The summed E-state index contributed by atoms with van der Waals surface area (Å²) in [5.74, 6) is -0.726. The summed E-state index contributed by atoms with van der Waals surface area (Å²) in [6.45, 7) is 3.52. The highest BCUT2D eigenvalue weighted by Gasteiger charge is 2.27. The fourth-order valence-electron chi connectivity index (χ4n) is 1.72. The molecule has 9 heteroatoms. The van der Waals surface area contributed by atoms with Crippen LogP contribution < -0.4 is 4.72 Å². The van der Waals surface area contributed by atoms with Crippen molar-refractivity contribution < 1.29 is 17.9 Å². The molecule has 1 unspecified atom stereocenters. The lowest BCUT2D eigenvalue weighted by Crippen LogP contribution is -2.28. The summed E-state index contributed by atoms with van der Waals surface area (Å²) in [5, 5.41) is 7.53. The Bertz CT molecular complexity index is 707. The number of aromatic nitrogens is 2. The van der Waals surface area contributed by atoms with E-state index in [-0.39, 0.29) is 17.2 Å². The third-order valence-corrected chi connectivity index (χ3v) is 5.24. The second-order valence-corrected chi connectivity index (χ2v) is 6.82. The van der Waals surface area contributed by atoms with Crippen molar-refractivity contribution in [1.82, 2.24) is 14.9 Å². The zero-order valence-electron chi connectivity index (χ0n) is 11.5. The lowest BCUT2D eigenvalue weighted by atomic mass is 10.3. The monoisotopic (exact) mass is 329 g/mol. The maximum absolute atomic E-state index is 12.3. The predicted octanol–water partition coefficient (Wildman–Crippen LogP) is 1.69. The molecule has 0 fully saturated rings. The van der Waals surface area contributed by atoms with Gasteiger partial charge in [-0.2, -0.15) is 5.10 Å². The van der Waals surface area contributed by atoms with Crippen molar-refractivity contribution in [3.8, 4) is 0 Å². The summed E-state index contributed by atoms with van der Waals surface area (Å²) in [6, 6.07) is 3.26. The van der Waals surface area contributed by atoms with Crippen molar-refractivity contribution in [2.24, 2.45) is 0 Å². The molecule has 0 amide bonds. The highest BCUT2D eigenvalue weighted by molar-refractivity contribution is 7.89. The molecule has 0 radical (unpaired) electrons. The molecule has 0 aliphatic rings. The predicted molar refractivity (Wildman–Crippen MR) is 77.6 cm³/mol. The van der Waals surface area contributed by atoms with Gasteiger partial charge in [-0.25, -0.2) is 17.9 Å². The molecule has 0 bridgehead atoms. The van der Waals surface area contributed by atoms with Gasteiger partial charge in [0.15, 0.2) is 5.03 Å². The fourth-order valence-corrected chi connectivity index (χ4v) is 3.84. The van der Waals surface area contributed by atoms with Gasteiger partial charge < -0.3 is 4.74 Å². The molecule has 2 aromatic rings. The molecule has 1 atom stereocenters. The zero-order valence-corrected chi connectivity index (χ0v) is 13.1. The van der Waals surface area contributed by atoms with E-state index in [0.29, 0.717) is 0 Å². The normalized spacial score (nSPS) is 13.0. The van der Waals surface area contributed by atoms with Crippen LogP contribution in [0.4, 0.5) is 0 Å². The number of hydrogen-bond acceptors (Lipinski definition) is 6. The maximum atomic E-state index is 12.3. The van der Waals surface area contributed by atoms with Gasteiger partial charge in [-0.15, -0.1) is 11.3 Å². The summed E-state index contributed by atoms with van der Waals surface area (Å²) in [4.78, 5) is 12.6. The van der Waals surface area contributed by atoms with Crippen LogP contribution in [0.5, 0.6) is 0 Å². The number of aromatic amines is 1. The molecule has 114 valence electrons. The highest BCUT2D eigenvalue weighted by atomic mass is 32.2. The number of esters is 1. The van der Waals surface area contributed by atoms with Crippen molar-refractivity contribution in [3.63, 3.8) is 0 Å². The summed E-state index contributed by atoms with van der Waals surface area (Å²) in [6.07, 6.45) is 1.14. The van der Waals surface area contributed by atoms with Crippen molar-refractivity contribution in [3.05, 3.63) is 34.2 Å². The SMILES string of the molecule is CCOC(=O)c1cn[nH]c1S(=O)(=O)NC(C)c1cccs1. The van der Waals surface area contributed by atoms with E-state index in [2.05, 4.69) is 14.9 Å². The zero-order chi connectivity index (χ0) is 15.5. The van der Waals surface area contributed by atoms with Crippen LogP contribution in [0.1, 0.15) is 35.1 Å². The lowest BCUT2D eigenvalue weighted by molar-refractivity contribution is 0.0522. The number of thiophene rings is 1. The second-order valence-electron chi connectivity index (χ2n) is 4.19. The largest absolute Gasteiger partial charge is 0.462 e. The van der Waals surface area contributed by atoms with Crippen LogP contribution in [0.15, 0.2) is 28.7 Å². The average molecular weight is 329 g/mol. The van der Waals surface area contributed by atoms with Crippen LogP contribution in [0.3, 0.4) is 0 Å². The minimum Gasteiger partial charge on any atom is -0.462 e. The third kappa shape index (κ3) is 3.49. The van der Waals surface area contributed by atoms with E-state index >= 15 is 0 Å². The van der Waals surface area contributed by atoms with Gasteiger partial charge in [0.25, 0.3) is 10.0 Å². The molecule has 2 N–H and O–H groups in total. The third-order valence-electron chi connectivity index (χ3n) is 2.67. The van der Waals surface area contributed by atoms with E-state index < -0.39 is 22.0 Å². The minimum atomic E-state index is -3.90. The first-order valence-electron chi connectivity index (χ1n) is 6.22. The first-order valence-corrected chi connectivity index (χ1v) is 8.58. The quantitative estimate of drug-likeness (QED) is 0.785. The molecule has 7 nitrogen and oxygen atoms in total. The van der Waals surface area contributed by atoms with Gasteiger partial charge in [-0.3, -0.25) is 5.10 Å². The van der Waals surface area contributed by atoms with Crippen LogP contribution >= 0.6 is 11.3 Å². The van der Waals surface area contributed by atoms with Gasteiger partial charge in [0, 0.05) is 4.88 Å². The molecule has 2 aromatic heterocycles. The van der Waals surface area contributed by atoms with Gasteiger partial charge in [-0.1, -0.05) is 6.07 Å². The van der Waals surface area contributed by atoms with Gasteiger partial charge in [0.1, 0.15) is 5.56 Å². The van der Waals surface area contributed by atoms with Crippen LogP contribution in [0.2, 0.25) is 0 Å². The molecule has 0 aliphatic heterocycles. The Kier molecular flexibility index (Phi) is 4.76. The number of ether oxygens (including phenoxy) is 1. The van der Waals surface area contributed by atoms with Crippen molar-refractivity contribution in [2.75, 3.05) is 6.61 Å². The highest BCUT2D eigenvalue weighted by Crippen LogP contribution is 2.21. The molecular weight excluding hydrogens is 314 g/mol. The Morgan fingerprint density at radius 3 is 2.95 bits per heavy atom. The maximum Gasteiger partial charge on any atom is 0.342 e.